The van der Waals surface area contributed by atoms with E-state index < -0.39 is 10.0 Å². The van der Waals surface area contributed by atoms with Gasteiger partial charge in [0.1, 0.15) is 0 Å². The van der Waals surface area contributed by atoms with Gasteiger partial charge in [-0.1, -0.05) is 37.5 Å². The fourth-order valence-electron chi connectivity index (χ4n) is 2.57. The molecule has 1 N–H and O–H groups in total. The maximum absolute atomic E-state index is 12.1. The van der Waals surface area contributed by atoms with Crippen molar-refractivity contribution >= 4 is 10.0 Å². The molecule has 20 heavy (non-hydrogen) atoms. The molecule has 1 aliphatic rings. The van der Waals surface area contributed by atoms with Crippen LogP contribution in [0, 0.1) is 6.92 Å². The highest BCUT2D eigenvalue weighted by Crippen LogP contribution is 2.20. The number of ether oxygens (including phenoxy) is 1. The molecule has 1 aromatic carbocycles. The normalized spacial score (nSPS) is 17.2. The third kappa shape index (κ3) is 4.30. The molecule has 112 valence electrons. The molecule has 0 amide bonds. The SMILES string of the molecule is Cc1ccccc1S(=O)(=O)NCCOC1CCCCC1. The predicted octanol–water partition coefficient (Wildman–Crippen LogP) is 2.62. The lowest BCUT2D eigenvalue weighted by Crippen LogP contribution is -2.29. The van der Waals surface area contributed by atoms with Gasteiger partial charge in [-0.15, -0.1) is 0 Å². The van der Waals surface area contributed by atoms with Crippen molar-refractivity contribution in [3.05, 3.63) is 29.8 Å². The minimum atomic E-state index is -3.42. The zero-order valence-corrected chi connectivity index (χ0v) is 12.8. The zero-order chi connectivity index (χ0) is 14.4. The largest absolute Gasteiger partial charge is 0.377 e. The first-order valence-corrected chi connectivity index (χ1v) is 8.75. The molecule has 1 aliphatic carbocycles. The summed E-state index contributed by atoms with van der Waals surface area (Å²) in [5.74, 6) is 0. The molecule has 0 unspecified atom stereocenters. The maximum Gasteiger partial charge on any atom is 0.240 e. The number of hydrogen-bond donors (Lipinski definition) is 1. The number of aryl methyl sites for hydroxylation is 1. The second-order valence-electron chi connectivity index (χ2n) is 5.29. The quantitative estimate of drug-likeness (QED) is 0.821. The van der Waals surface area contributed by atoms with Crippen LogP contribution in [0.2, 0.25) is 0 Å². The van der Waals surface area contributed by atoms with Crippen LogP contribution < -0.4 is 4.72 Å². The van der Waals surface area contributed by atoms with Gasteiger partial charge in [-0.2, -0.15) is 0 Å². The van der Waals surface area contributed by atoms with Crippen molar-refractivity contribution < 1.29 is 13.2 Å². The molecule has 0 saturated heterocycles. The molecule has 1 saturated carbocycles. The van der Waals surface area contributed by atoms with Gasteiger partial charge >= 0.3 is 0 Å². The highest BCUT2D eigenvalue weighted by Gasteiger charge is 2.17. The molecule has 0 spiro atoms. The molecule has 4 nitrogen and oxygen atoms in total. The van der Waals surface area contributed by atoms with Crippen molar-refractivity contribution in [3.63, 3.8) is 0 Å². The Bertz CT molecular complexity index is 522. The molecule has 1 fully saturated rings. The topological polar surface area (TPSA) is 55.4 Å². The summed E-state index contributed by atoms with van der Waals surface area (Å²) >= 11 is 0. The number of benzene rings is 1. The van der Waals surface area contributed by atoms with E-state index in [-0.39, 0.29) is 0 Å². The smallest absolute Gasteiger partial charge is 0.240 e. The molecule has 1 aromatic rings. The van der Waals surface area contributed by atoms with Gasteiger partial charge in [0, 0.05) is 6.54 Å². The van der Waals surface area contributed by atoms with Gasteiger partial charge < -0.3 is 4.74 Å². The summed E-state index contributed by atoms with van der Waals surface area (Å²) in [6, 6.07) is 6.99. The second-order valence-corrected chi connectivity index (χ2v) is 7.03. The van der Waals surface area contributed by atoms with Crippen molar-refractivity contribution in [1.29, 1.82) is 0 Å². The van der Waals surface area contributed by atoms with Crippen molar-refractivity contribution in [1.82, 2.24) is 4.72 Å². The second kappa shape index (κ2) is 7.20. The monoisotopic (exact) mass is 297 g/mol. The van der Waals surface area contributed by atoms with Crippen LogP contribution in [0.15, 0.2) is 29.2 Å². The highest BCUT2D eigenvalue weighted by atomic mass is 32.2. The molecular formula is C15H23NO3S. The summed E-state index contributed by atoms with van der Waals surface area (Å²) in [7, 11) is -3.42. The lowest BCUT2D eigenvalue weighted by atomic mass is 9.98. The average Bonchev–Trinajstić information content (AvgIpc) is 2.45. The summed E-state index contributed by atoms with van der Waals surface area (Å²) in [6.45, 7) is 2.57. The highest BCUT2D eigenvalue weighted by molar-refractivity contribution is 7.89. The van der Waals surface area contributed by atoms with Gasteiger partial charge in [0.15, 0.2) is 0 Å². The first-order valence-electron chi connectivity index (χ1n) is 7.26. The summed E-state index contributed by atoms with van der Waals surface area (Å²) < 4.78 is 32.6. The van der Waals surface area contributed by atoms with Gasteiger partial charge in [0.2, 0.25) is 10.0 Å². The Morgan fingerprint density at radius 1 is 1.20 bits per heavy atom. The number of sulfonamides is 1. The average molecular weight is 297 g/mol. The Morgan fingerprint density at radius 2 is 1.90 bits per heavy atom. The molecule has 5 heteroatoms. The Kier molecular flexibility index (Phi) is 5.57. The van der Waals surface area contributed by atoms with Crippen LogP contribution >= 0.6 is 0 Å². The van der Waals surface area contributed by atoms with E-state index in [1.165, 1.54) is 19.3 Å². The minimum Gasteiger partial charge on any atom is -0.377 e. The first kappa shape index (κ1) is 15.5. The van der Waals surface area contributed by atoms with E-state index in [9.17, 15) is 8.42 Å². The maximum atomic E-state index is 12.1. The summed E-state index contributed by atoms with van der Waals surface area (Å²) in [4.78, 5) is 0.345. The van der Waals surface area contributed by atoms with Crippen LogP contribution in [0.4, 0.5) is 0 Å². The third-order valence-corrected chi connectivity index (χ3v) is 5.30. The van der Waals surface area contributed by atoms with E-state index in [0.29, 0.717) is 24.2 Å². The fraction of sp³-hybridized carbons (Fsp3) is 0.600. The lowest BCUT2D eigenvalue weighted by molar-refractivity contribution is 0.0321. The molecule has 2 rings (SSSR count). The lowest BCUT2D eigenvalue weighted by Gasteiger charge is -2.22. The van der Waals surface area contributed by atoms with E-state index in [0.717, 1.165) is 18.4 Å². The summed E-state index contributed by atoms with van der Waals surface area (Å²) in [5, 5.41) is 0. The molecular weight excluding hydrogens is 274 g/mol. The van der Waals surface area contributed by atoms with E-state index in [1.54, 1.807) is 25.1 Å². The summed E-state index contributed by atoms with van der Waals surface area (Å²) in [6.07, 6.45) is 6.25. The van der Waals surface area contributed by atoms with Gasteiger partial charge in [-0.25, -0.2) is 13.1 Å². The summed E-state index contributed by atoms with van der Waals surface area (Å²) in [5.41, 5.74) is 0.758. The Balaban J connectivity index is 1.79. The standard InChI is InChI=1S/C15H23NO3S/c1-13-7-5-6-10-15(13)20(17,18)16-11-12-19-14-8-3-2-4-9-14/h5-7,10,14,16H,2-4,8-9,11-12H2,1H3. The van der Waals surface area contributed by atoms with Crippen LogP contribution in [-0.4, -0.2) is 27.7 Å². The number of nitrogens with one attached hydrogen (secondary N) is 1. The van der Waals surface area contributed by atoms with E-state index >= 15 is 0 Å². The van der Waals surface area contributed by atoms with E-state index in [4.69, 9.17) is 4.74 Å². The van der Waals surface area contributed by atoms with Crippen LogP contribution in [-0.2, 0) is 14.8 Å². The Hall–Kier alpha value is -0.910. The van der Waals surface area contributed by atoms with Crippen LogP contribution in [0.5, 0.6) is 0 Å². The minimum absolute atomic E-state index is 0.312. The van der Waals surface area contributed by atoms with Crippen molar-refractivity contribution in [2.45, 2.75) is 50.0 Å². The Morgan fingerprint density at radius 3 is 2.60 bits per heavy atom. The van der Waals surface area contributed by atoms with Crippen LogP contribution in [0.1, 0.15) is 37.7 Å². The van der Waals surface area contributed by atoms with E-state index in [2.05, 4.69) is 4.72 Å². The molecule has 0 radical (unpaired) electrons. The van der Waals surface area contributed by atoms with Gasteiger partial charge in [0.25, 0.3) is 0 Å². The van der Waals surface area contributed by atoms with Gasteiger partial charge in [-0.05, 0) is 31.4 Å². The van der Waals surface area contributed by atoms with Gasteiger partial charge in [-0.3, -0.25) is 0 Å². The first-order chi connectivity index (χ1) is 9.59. The van der Waals surface area contributed by atoms with Crippen LogP contribution in [0.3, 0.4) is 0 Å². The van der Waals surface area contributed by atoms with Crippen LogP contribution in [0.25, 0.3) is 0 Å². The number of hydrogen-bond acceptors (Lipinski definition) is 3. The zero-order valence-electron chi connectivity index (χ0n) is 12.0. The fourth-order valence-corrected chi connectivity index (χ4v) is 3.83. The van der Waals surface area contributed by atoms with E-state index in [1.807, 2.05) is 6.07 Å². The predicted molar refractivity (Wildman–Crippen MR) is 79.2 cm³/mol. The number of rotatable bonds is 6. The molecule has 0 aromatic heterocycles. The van der Waals surface area contributed by atoms with Gasteiger partial charge in [0.05, 0.1) is 17.6 Å². The molecule has 0 bridgehead atoms. The van der Waals surface area contributed by atoms with Crippen molar-refractivity contribution in [3.8, 4) is 0 Å². The van der Waals surface area contributed by atoms with Crippen molar-refractivity contribution in [2.75, 3.05) is 13.2 Å². The molecule has 0 aliphatic heterocycles. The van der Waals surface area contributed by atoms with Crippen molar-refractivity contribution in [2.24, 2.45) is 0 Å². The third-order valence-electron chi connectivity index (χ3n) is 3.68. The molecule has 0 atom stereocenters. The molecule has 0 heterocycles. The Labute approximate surface area is 121 Å².